The van der Waals surface area contributed by atoms with Crippen LogP contribution >= 0.6 is 0 Å². The molecular weight excluding hydrogens is 263 g/mol. The summed E-state index contributed by atoms with van der Waals surface area (Å²) >= 11 is 0. The molecule has 0 aromatic heterocycles. The van der Waals surface area contributed by atoms with Crippen LogP contribution in [0, 0.1) is 0 Å². The lowest BCUT2D eigenvalue weighted by Crippen LogP contribution is -2.41. The summed E-state index contributed by atoms with van der Waals surface area (Å²) in [5.41, 5.74) is 1.76. The monoisotopic (exact) mass is 290 g/mol. The Labute approximate surface area is 129 Å². The molecule has 4 nitrogen and oxygen atoms in total. The Morgan fingerprint density at radius 1 is 0.905 bits per heavy atom. The topological polar surface area (TPSA) is 24.9 Å². The van der Waals surface area contributed by atoms with Crippen molar-refractivity contribution in [3.05, 3.63) is 29.8 Å². The molecule has 1 aliphatic heterocycles. The predicted molar refractivity (Wildman–Crippen MR) is 87.3 cm³/mol. The van der Waals surface area contributed by atoms with Gasteiger partial charge in [-0.1, -0.05) is 24.3 Å². The molecule has 0 unspecified atom stereocenters. The minimum atomic E-state index is -0.290. The van der Waals surface area contributed by atoms with Crippen LogP contribution in [0.2, 0.25) is 0 Å². The van der Waals surface area contributed by atoms with Gasteiger partial charge in [0, 0.05) is 27.7 Å². The first kappa shape index (κ1) is 16.5. The van der Waals surface area contributed by atoms with Crippen LogP contribution in [0.5, 0.6) is 0 Å². The van der Waals surface area contributed by atoms with Gasteiger partial charge in [-0.05, 0) is 38.7 Å². The quantitative estimate of drug-likeness (QED) is 0.624. The molecule has 0 aliphatic carbocycles. The highest BCUT2D eigenvalue weighted by Crippen LogP contribution is 2.36. The lowest BCUT2D eigenvalue weighted by molar-refractivity contribution is 0.00578. The molecule has 0 spiro atoms. The zero-order valence-electron chi connectivity index (χ0n) is 14.3. The van der Waals surface area contributed by atoms with E-state index in [-0.39, 0.29) is 18.3 Å². The first-order valence-corrected chi connectivity index (χ1v) is 7.45. The van der Waals surface area contributed by atoms with Crippen LogP contribution in [-0.2, 0) is 15.9 Å². The van der Waals surface area contributed by atoms with E-state index in [2.05, 4.69) is 69.0 Å². The molecule has 0 saturated carbocycles. The number of nitrogens with zero attached hydrogens (tertiary/aromatic N) is 2. The molecule has 1 aromatic rings. The van der Waals surface area contributed by atoms with Crippen LogP contribution in [0.4, 0.5) is 0 Å². The summed E-state index contributed by atoms with van der Waals surface area (Å²) in [6.07, 6.45) is 0. The SMILES string of the molecule is CN(C)N(C)Cc1ccc(B2OC(C)(C)C(C)(C)O2)cc1. The predicted octanol–water partition coefficient (Wildman–Crippen LogP) is 1.89. The van der Waals surface area contributed by atoms with E-state index >= 15 is 0 Å². The average Bonchev–Trinajstić information content (AvgIpc) is 2.59. The minimum Gasteiger partial charge on any atom is -0.399 e. The maximum atomic E-state index is 6.07. The van der Waals surface area contributed by atoms with Gasteiger partial charge in [0.05, 0.1) is 11.2 Å². The van der Waals surface area contributed by atoms with E-state index in [1.54, 1.807) is 0 Å². The van der Waals surface area contributed by atoms with Crippen LogP contribution in [0.3, 0.4) is 0 Å². The van der Waals surface area contributed by atoms with Crippen molar-refractivity contribution in [3.8, 4) is 0 Å². The van der Waals surface area contributed by atoms with Gasteiger partial charge in [0.15, 0.2) is 0 Å². The van der Waals surface area contributed by atoms with Crippen LogP contribution < -0.4 is 5.46 Å². The van der Waals surface area contributed by atoms with Crippen molar-refractivity contribution in [3.63, 3.8) is 0 Å². The largest absolute Gasteiger partial charge is 0.494 e. The lowest BCUT2D eigenvalue weighted by Gasteiger charge is -2.32. The molecule has 1 saturated heterocycles. The molecular formula is C16H27BN2O2. The normalized spacial score (nSPS) is 20.5. The molecule has 0 N–H and O–H groups in total. The molecule has 116 valence electrons. The van der Waals surface area contributed by atoms with E-state index in [0.717, 1.165) is 12.0 Å². The molecule has 0 radical (unpaired) electrons. The Kier molecular flexibility index (Phi) is 4.50. The van der Waals surface area contributed by atoms with Gasteiger partial charge in [0.1, 0.15) is 0 Å². The summed E-state index contributed by atoms with van der Waals surface area (Å²) in [7, 11) is 5.87. The van der Waals surface area contributed by atoms with Crippen molar-refractivity contribution in [2.75, 3.05) is 21.1 Å². The Bertz CT molecular complexity index is 470. The zero-order chi connectivity index (χ0) is 15.8. The number of rotatable bonds is 4. The van der Waals surface area contributed by atoms with Gasteiger partial charge >= 0.3 is 7.12 Å². The second-order valence-electron chi connectivity index (χ2n) is 6.99. The van der Waals surface area contributed by atoms with Crippen molar-refractivity contribution in [1.82, 2.24) is 10.0 Å². The Hall–Kier alpha value is -0.875. The van der Waals surface area contributed by atoms with Crippen molar-refractivity contribution in [2.24, 2.45) is 0 Å². The van der Waals surface area contributed by atoms with Gasteiger partial charge in [0.2, 0.25) is 0 Å². The van der Waals surface area contributed by atoms with Crippen molar-refractivity contribution < 1.29 is 9.31 Å². The molecule has 1 aromatic carbocycles. The molecule has 21 heavy (non-hydrogen) atoms. The third kappa shape index (κ3) is 3.48. The van der Waals surface area contributed by atoms with E-state index in [9.17, 15) is 0 Å². The highest BCUT2D eigenvalue weighted by Gasteiger charge is 2.51. The number of hydrazine groups is 1. The van der Waals surface area contributed by atoms with Gasteiger partial charge < -0.3 is 9.31 Å². The van der Waals surface area contributed by atoms with E-state index in [0.29, 0.717) is 0 Å². The highest BCUT2D eigenvalue weighted by molar-refractivity contribution is 6.62. The van der Waals surface area contributed by atoms with Crippen LogP contribution in [0.1, 0.15) is 33.3 Å². The zero-order valence-corrected chi connectivity index (χ0v) is 14.3. The first-order chi connectivity index (χ1) is 9.62. The molecule has 1 aliphatic rings. The Morgan fingerprint density at radius 3 is 1.81 bits per heavy atom. The molecule has 1 heterocycles. The van der Waals surface area contributed by atoms with E-state index in [4.69, 9.17) is 9.31 Å². The lowest BCUT2D eigenvalue weighted by atomic mass is 9.79. The van der Waals surface area contributed by atoms with Crippen molar-refractivity contribution in [1.29, 1.82) is 0 Å². The number of hydrogen-bond acceptors (Lipinski definition) is 4. The van der Waals surface area contributed by atoms with Gasteiger partial charge in [-0.15, -0.1) is 0 Å². The molecule has 0 amide bonds. The highest BCUT2D eigenvalue weighted by atomic mass is 16.7. The Morgan fingerprint density at radius 2 is 1.38 bits per heavy atom. The maximum absolute atomic E-state index is 6.07. The third-order valence-electron chi connectivity index (χ3n) is 4.60. The van der Waals surface area contributed by atoms with Crippen LogP contribution in [0.15, 0.2) is 24.3 Å². The summed E-state index contributed by atoms with van der Waals surface area (Å²) in [6.45, 7) is 9.19. The summed E-state index contributed by atoms with van der Waals surface area (Å²) < 4.78 is 12.1. The number of hydrogen-bond donors (Lipinski definition) is 0. The molecule has 5 heteroatoms. The summed E-state index contributed by atoms with van der Waals surface area (Å²) in [4.78, 5) is 0. The molecule has 2 rings (SSSR count). The smallest absolute Gasteiger partial charge is 0.399 e. The van der Waals surface area contributed by atoms with Crippen molar-refractivity contribution in [2.45, 2.75) is 45.4 Å². The van der Waals surface area contributed by atoms with E-state index in [1.807, 2.05) is 14.1 Å². The first-order valence-electron chi connectivity index (χ1n) is 7.45. The second-order valence-corrected chi connectivity index (χ2v) is 6.99. The fraction of sp³-hybridized carbons (Fsp3) is 0.625. The van der Waals surface area contributed by atoms with Crippen molar-refractivity contribution >= 4 is 12.6 Å². The fourth-order valence-corrected chi connectivity index (χ4v) is 2.16. The maximum Gasteiger partial charge on any atom is 0.494 e. The minimum absolute atomic E-state index is 0.282. The van der Waals surface area contributed by atoms with Gasteiger partial charge in [-0.3, -0.25) is 0 Å². The molecule has 0 bridgehead atoms. The van der Waals surface area contributed by atoms with Crippen LogP contribution in [0.25, 0.3) is 0 Å². The summed E-state index contributed by atoms with van der Waals surface area (Å²) in [5.74, 6) is 0. The van der Waals surface area contributed by atoms with Crippen LogP contribution in [-0.4, -0.2) is 49.5 Å². The van der Waals surface area contributed by atoms with E-state index < -0.39 is 0 Å². The number of benzene rings is 1. The summed E-state index contributed by atoms with van der Waals surface area (Å²) in [6, 6.07) is 8.47. The van der Waals surface area contributed by atoms with Gasteiger partial charge in [0.25, 0.3) is 0 Å². The third-order valence-corrected chi connectivity index (χ3v) is 4.60. The standard InChI is InChI=1S/C16H27BN2O2/c1-15(2)16(3,4)21-17(20-15)14-10-8-13(9-11-14)12-19(7)18(5)6/h8-11H,12H2,1-7H3. The van der Waals surface area contributed by atoms with E-state index in [1.165, 1.54) is 5.56 Å². The Balaban J connectivity index is 2.07. The molecule has 1 fully saturated rings. The van der Waals surface area contributed by atoms with Gasteiger partial charge in [-0.25, -0.2) is 10.0 Å². The average molecular weight is 290 g/mol. The second kappa shape index (κ2) is 5.73. The molecule has 0 atom stereocenters. The fourth-order valence-electron chi connectivity index (χ4n) is 2.16. The van der Waals surface area contributed by atoms with Gasteiger partial charge in [-0.2, -0.15) is 0 Å². The summed E-state index contributed by atoms with van der Waals surface area (Å²) in [5, 5.41) is 4.23.